The number of hydrogen-bond acceptors (Lipinski definition) is 4. The highest BCUT2D eigenvalue weighted by atomic mass is 28.3. The van der Waals surface area contributed by atoms with Gasteiger partial charge in [-0.05, 0) is 12.1 Å². The molecule has 0 spiro atoms. The van der Waals surface area contributed by atoms with E-state index in [9.17, 15) is 0 Å². The molecule has 6 nitrogen and oxygen atoms in total. The summed E-state index contributed by atoms with van der Waals surface area (Å²) >= 11 is 0. The Morgan fingerprint density at radius 2 is 2.04 bits per heavy atom. The molecule has 132 valence electrons. The number of nitrogens with one attached hydrogen (secondary N) is 1. The Kier molecular flexibility index (Phi) is 4.22. The fourth-order valence-electron chi connectivity index (χ4n) is 3.12. The van der Waals surface area contributed by atoms with Crippen LogP contribution in [0.2, 0.25) is 25.7 Å². The van der Waals surface area contributed by atoms with Gasteiger partial charge in [-0.15, -0.1) is 0 Å². The summed E-state index contributed by atoms with van der Waals surface area (Å²) in [6, 6.07) is 9.39. The number of hydrogen-bond donors (Lipinski definition) is 1. The highest BCUT2D eigenvalue weighted by Crippen LogP contribution is 2.23. The molecule has 0 saturated carbocycles. The Morgan fingerprint density at radius 1 is 1.20 bits per heavy atom. The zero-order valence-electron chi connectivity index (χ0n) is 15.1. The summed E-state index contributed by atoms with van der Waals surface area (Å²) in [7, 11) is -1.08. The normalized spacial score (nSPS) is 14.4. The van der Waals surface area contributed by atoms with Crippen molar-refractivity contribution in [3.05, 3.63) is 41.9 Å². The van der Waals surface area contributed by atoms with Crippen LogP contribution < -0.4 is 5.32 Å². The molecule has 0 radical (unpaired) electrons. The molecular formula is C18H25N5OSi. The van der Waals surface area contributed by atoms with E-state index in [1.54, 1.807) is 0 Å². The molecule has 0 unspecified atom stereocenters. The largest absolute Gasteiger partial charge is 0.361 e. The van der Waals surface area contributed by atoms with Crippen molar-refractivity contribution in [1.82, 2.24) is 24.6 Å². The van der Waals surface area contributed by atoms with Crippen LogP contribution in [0.15, 0.2) is 30.5 Å². The molecule has 3 aromatic rings. The molecule has 0 amide bonds. The highest BCUT2D eigenvalue weighted by Gasteiger charge is 2.23. The number of rotatable bonds is 6. The topological polar surface area (TPSA) is 56.9 Å². The minimum atomic E-state index is -1.08. The van der Waals surface area contributed by atoms with Crippen molar-refractivity contribution in [3.8, 4) is 5.95 Å². The predicted molar refractivity (Wildman–Crippen MR) is 102 cm³/mol. The van der Waals surface area contributed by atoms with Gasteiger partial charge in [-0.2, -0.15) is 9.78 Å². The van der Waals surface area contributed by atoms with Crippen molar-refractivity contribution in [2.24, 2.45) is 0 Å². The monoisotopic (exact) mass is 355 g/mol. The van der Waals surface area contributed by atoms with Crippen LogP contribution in [-0.4, -0.2) is 34.0 Å². The van der Waals surface area contributed by atoms with Gasteiger partial charge in [0.25, 0.3) is 0 Å². The van der Waals surface area contributed by atoms with Crippen LogP contribution in [0, 0.1) is 0 Å². The molecule has 0 fully saturated rings. The van der Waals surface area contributed by atoms with Crippen LogP contribution in [0.25, 0.3) is 16.9 Å². The van der Waals surface area contributed by atoms with E-state index in [1.807, 2.05) is 23.0 Å². The number of nitrogens with zero attached hydrogens (tertiary/aromatic N) is 4. The maximum Gasteiger partial charge on any atom is 0.233 e. The Bertz CT molecular complexity index is 893. The summed E-state index contributed by atoms with van der Waals surface area (Å²) in [5, 5.41) is 9.06. The molecule has 4 rings (SSSR count). The van der Waals surface area contributed by atoms with Crippen LogP contribution in [0.1, 0.15) is 11.4 Å². The van der Waals surface area contributed by atoms with Crippen molar-refractivity contribution >= 4 is 19.0 Å². The summed E-state index contributed by atoms with van der Waals surface area (Å²) in [4.78, 5) is 4.84. The molecule has 0 atom stereocenters. The van der Waals surface area contributed by atoms with E-state index in [0.717, 1.165) is 42.2 Å². The first-order valence-electron chi connectivity index (χ1n) is 8.83. The number of imidazole rings is 1. The van der Waals surface area contributed by atoms with E-state index in [0.29, 0.717) is 6.73 Å². The summed E-state index contributed by atoms with van der Waals surface area (Å²) in [5.41, 5.74) is 3.38. The van der Waals surface area contributed by atoms with E-state index >= 15 is 0 Å². The molecule has 1 aliphatic heterocycles. The fourth-order valence-corrected chi connectivity index (χ4v) is 3.88. The van der Waals surface area contributed by atoms with E-state index in [-0.39, 0.29) is 0 Å². The SMILES string of the molecule is C[Si](C)(C)CCOCn1c(-n2ncc3ccccc32)nc2c1CNC2. The molecule has 1 aromatic carbocycles. The molecule has 0 aliphatic carbocycles. The lowest BCUT2D eigenvalue weighted by Crippen LogP contribution is -2.22. The first-order valence-corrected chi connectivity index (χ1v) is 12.5. The van der Waals surface area contributed by atoms with Gasteiger partial charge in [-0.25, -0.2) is 4.98 Å². The van der Waals surface area contributed by atoms with Gasteiger partial charge in [0.1, 0.15) is 6.73 Å². The maximum absolute atomic E-state index is 6.02. The van der Waals surface area contributed by atoms with Gasteiger partial charge in [0.05, 0.1) is 23.1 Å². The molecule has 2 aromatic heterocycles. The second kappa shape index (κ2) is 6.40. The third-order valence-electron chi connectivity index (χ3n) is 4.60. The van der Waals surface area contributed by atoms with Gasteiger partial charge in [-0.3, -0.25) is 4.57 Å². The van der Waals surface area contributed by atoms with Gasteiger partial charge >= 0.3 is 0 Å². The molecule has 1 aliphatic rings. The van der Waals surface area contributed by atoms with Gasteiger partial charge in [-0.1, -0.05) is 37.8 Å². The van der Waals surface area contributed by atoms with E-state index in [2.05, 4.69) is 46.8 Å². The maximum atomic E-state index is 6.02. The highest BCUT2D eigenvalue weighted by molar-refractivity contribution is 6.76. The summed E-state index contributed by atoms with van der Waals surface area (Å²) in [6.45, 7) is 10.1. The quantitative estimate of drug-likeness (QED) is 0.545. The van der Waals surface area contributed by atoms with Crippen LogP contribution in [-0.2, 0) is 24.6 Å². The van der Waals surface area contributed by atoms with Crippen molar-refractivity contribution in [3.63, 3.8) is 0 Å². The lowest BCUT2D eigenvalue weighted by atomic mass is 10.3. The summed E-state index contributed by atoms with van der Waals surface area (Å²) < 4.78 is 10.1. The summed E-state index contributed by atoms with van der Waals surface area (Å²) in [5.74, 6) is 0.848. The Morgan fingerprint density at radius 3 is 2.88 bits per heavy atom. The van der Waals surface area contributed by atoms with E-state index in [4.69, 9.17) is 9.72 Å². The second-order valence-corrected chi connectivity index (χ2v) is 13.4. The molecular weight excluding hydrogens is 330 g/mol. The minimum Gasteiger partial charge on any atom is -0.361 e. The standard InChI is InChI=1S/C18H25N5OSi/c1-25(2,3)9-8-24-13-22-17-12-19-11-15(17)21-18(22)23-16-7-5-4-6-14(16)10-20-23/h4-7,10,19H,8-9,11-13H2,1-3H3. The minimum absolute atomic E-state index is 0.526. The molecule has 0 bridgehead atoms. The molecule has 3 heterocycles. The van der Waals surface area contributed by atoms with Crippen LogP contribution in [0.3, 0.4) is 0 Å². The third kappa shape index (κ3) is 3.27. The smallest absolute Gasteiger partial charge is 0.233 e. The van der Waals surface area contributed by atoms with Gasteiger partial charge in [0.2, 0.25) is 5.95 Å². The lowest BCUT2D eigenvalue weighted by molar-refractivity contribution is 0.0850. The van der Waals surface area contributed by atoms with Gasteiger partial charge in [0.15, 0.2) is 0 Å². The Hall–Kier alpha value is -1.96. The van der Waals surface area contributed by atoms with Crippen molar-refractivity contribution in [2.45, 2.75) is 45.5 Å². The average molecular weight is 356 g/mol. The van der Waals surface area contributed by atoms with Crippen molar-refractivity contribution in [2.75, 3.05) is 6.61 Å². The second-order valence-electron chi connectivity index (χ2n) is 7.80. The average Bonchev–Trinajstić information content (AvgIpc) is 3.25. The van der Waals surface area contributed by atoms with Gasteiger partial charge in [0, 0.05) is 33.2 Å². The molecule has 25 heavy (non-hydrogen) atoms. The van der Waals surface area contributed by atoms with Crippen LogP contribution >= 0.6 is 0 Å². The zero-order valence-corrected chi connectivity index (χ0v) is 16.1. The molecule has 7 heteroatoms. The van der Waals surface area contributed by atoms with E-state index in [1.165, 1.54) is 11.7 Å². The fraction of sp³-hybridized carbons (Fsp3) is 0.444. The number of fused-ring (bicyclic) bond motifs is 2. The van der Waals surface area contributed by atoms with Crippen LogP contribution in [0.5, 0.6) is 0 Å². The Labute approximate surface area is 148 Å². The number of para-hydroxylation sites is 1. The lowest BCUT2D eigenvalue weighted by Gasteiger charge is -2.17. The first-order chi connectivity index (χ1) is 12.0. The number of aromatic nitrogens is 4. The van der Waals surface area contributed by atoms with E-state index < -0.39 is 8.07 Å². The van der Waals surface area contributed by atoms with Gasteiger partial charge < -0.3 is 10.1 Å². The first kappa shape index (κ1) is 16.5. The molecule has 1 N–H and O–H groups in total. The van der Waals surface area contributed by atoms with Crippen molar-refractivity contribution in [1.29, 1.82) is 0 Å². The van der Waals surface area contributed by atoms with Crippen LogP contribution in [0.4, 0.5) is 0 Å². The van der Waals surface area contributed by atoms with Crippen molar-refractivity contribution < 1.29 is 4.74 Å². The Balaban J connectivity index is 1.64. The number of ether oxygens (including phenoxy) is 1. The number of benzene rings is 1. The third-order valence-corrected chi connectivity index (χ3v) is 6.31. The predicted octanol–water partition coefficient (Wildman–Crippen LogP) is 3.14. The molecule has 0 saturated heterocycles. The zero-order chi connectivity index (χ0) is 17.4. The summed E-state index contributed by atoms with van der Waals surface area (Å²) in [6.07, 6.45) is 1.89.